The van der Waals surface area contributed by atoms with Crippen molar-refractivity contribution in [1.82, 2.24) is 19.8 Å². The van der Waals surface area contributed by atoms with Crippen LogP contribution < -0.4 is 5.56 Å². The minimum absolute atomic E-state index is 0.0374. The summed E-state index contributed by atoms with van der Waals surface area (Å²) in [6, 6.07) is 8.40. The van der Waals surface area contributed by atoms with Gasteiger partial charge in [-0.1, -0.05) is 29.8 Å². The Balaban J connectivity index is 1.26. The van der Waals surface area contributed by atoms with Gasteiger partial charge in [-0.15, -0.1) is 11.3 Å². The Morgan fingerprint density at radius 2 is 2.00 bits per heavy atom. The molecule has 1 N–H and O–H groups in total. The third kappa shape index (κ3) is 3.63. The van der Waals surface area contributed by atoms with Gasteiger partial charge in [0.1, 0.15) is 10.7 Å². The maximum absolute atomic E-state index is 12.7. The number of halogens is 1. The summed E-state index contributed by atoms with van der Waals surface area (Å²) in [5, 5.41) is 1.67. The van der Waals surface area contributed by atoms with Gasteiger partial charge in [0, 0.05) is 42.1 Å². The number of thiophene rings is 1. The molecule has 0 spiro atoms. The molecule has 0 amide bonds. The van der Waals surface area contributed by atoms with Gasteiger partial charge in [0.25, 0.3) is 5.56 Å². The van der Waals surface area contributed by atoms with Crippen LogP contribution in [-0.2, 0) is 19.4 Å². The van der Waals surface area contributed by atoms with Crippen molar-refractivity contribution >= 4 is 33.2 Å². The number of aromatic nitrogens is 2. The van der Waals surface area contributed by atoms with Crippen LogP contribution in [0, 0.1) is 0 Å². The van der Waals surface area contributed by atoms with E-state index in [0.29, 0.717) is 12.6 Å². The highest BCUT2D eigenvalue weighted by Crippen LogP contribution is 2.34. The molecular formula is C22H25ClN4OS. The summed E-state index contributed by atoms with van der Waals surface area (Å²) in [7, 11) is 0. The fourth-order valence-corrected chi connectivity index (χ4v) is 6.23. The molecule has 5 nitrogen and oxygen atoms in total. The molecule has 0 radical (unpaired) electrons. The van der Waals surface area contributed by atoms with Gasteiger partial charge in [0.15, 0.2) is 0 Å². The Kier molecular flexibility index (Phi) is 5.20. The van der Waals surface area contributed by atoms with Crippen LogP contribution in [-0.4, -0.2) is 45.9 Å². The van der Waals surface area contributed by atoms with Crippen molar-refractivity contribution in [2.24, 2.45) is 0 Å². The van der Waals surface area contributed by atoms with E-state index in [1.54, 1.807) is 11.3 Å². The maximum atomic E-state index is 12.7. The second kappa shape index (κ2) is 7.84. The number of aryl methyl sites for hydroxylation is 2. The number of nitrogens with one attached hydrogen (secondary N) is 1. The zero-order valence-corrected chi connectivity index (χ0v) is 18.2. The highest BCUT2D eigenvalue weighted by Gasteiger charge is 2.25. The van der Waals surface area contributed by atoms with Crippen LogP contribution in [0.15, 0.2) is 29.1 Å². The van der Waals surface area contributed by atoms with Crippen molar-refractivity contribution in [1.29, 1.82) is 0 Å². The third-order valence-electron chi connectivity index (χ3n) is 6.31. The average molecular weight is 429 g/mol. The number of rotatable bonds is 4. The normalized spacial score (nSPS) is 19.0. The van der Waals surface area contributed by atoms with E-state index in [1.165, 1.54) is 16.0 Å². The van der Waals surface area contributed by atoms with Crippen LogP contribution in [0.4, 0.5) is 0 Å². The number of H-pyrrole nitrogens is 1. The predicted octanol–water partition coefficient (Wildman–Crippen LogP) is 4.01. The van der Waals surface area contributed by atoms with E-state index in [2.05, 4.69) is 27.8 Å². The van der Waals surface area contributed by atoms with E-state index < -0.39 is 0 Å². The molecule has 2 aliphatic rings. The lowest BCUT2D eigenvalue weighted by Gasteiger charge is -2.38. The molecular weight excluding hydrogens is 404 g/mol. The number of aromatic amines is 1. The van der Waals surface area contributed by atoms with Gasteiger partial charge in [-0.05, 0) is 43.4 Å². The summed E-state index contributed by atoms with van der Waals surface area (Å²) in [4.78, 5) is 27.6. The molecule has 5 rings (SSSR count). The number of nitrogens with zero attached hydrogens (tertiary/aromatic N) is 3. The number of benzene rings is 1. The summed E-state index contributed by atoms with van der Waals surface area (Å²) in [6.07, 6.45) is 3.27. The monoisotopic (exact) mass is 428 g/mol. The highest BCUT2D eigenvalue weighted by atomic mass is 35.5. The molecule has 3 heterocycles. The molecule has 0 bridgehead atoms. The molecule has 1 aliphatic carbocycles. The molecule has 2 aromatic heterocycles. The van der Waals surface area contributed by atoms with E-state index >= 15 is 0 Å². The molecule has 152 valence electrons. The summed E-state index contributed by atoms with van der Waals surface area (Å²) >= 11 is 8.10. The first-order chi connectivity index (χ1) is 14.1. The lowest BCUT2D eigenvalue weighted by atomic mass is 10.1. The van der Waals surface area contributed by atoms with E-state index in [0.717, 1.165) is 66.5 Å². The Labute approximate surface area is 179 Å². The zero-order chi connectivity index (χ0) is 20.0. The van der Waals surface area contributed by atoms with Gasteiger partial charge in [-0.3, -0.25) is 14.6 Å². The van der Waals surface area contributed by atoms with Crippen molar-refractivity contribution in [2.45, 2.75) is 38.8 Å². The molecule has 1 aliphatic heterocycles. The van der Waals surface area contributed by atoms with Gasteiger partial charge in [-0.2, -0.15) is 0 Å². The van der Waals surface area contributed by atoms with E-state index in [-0.39, 0.29) is 5.56 Å². The number of hydrogen-bond donors (Lipinski definition) is 1. The minimum Gasteiger partial charge on any atom is -0.309 e. The first-order valence-corrected chi connectivity index (χ1v) is 11.5. The summed E-state index contributed by atoms with van der Waals surface area (Å²) < 4.78 is 0. The topological polar surface area (TPSA) is 52.2 Å². The highest BCUT2D eigenvalue weighted by molar-refractivity contribution is 7.18. The van der Waals surface area contributed by atoms with Crippen molar-refractivity contribution in [3.05, 3.63) is 61.5 Å². The van der Waals surface area contributed by atoms with Crippen molar-refractivity contribution < 1.29 is 0 Å². The molecule has 1 unspecified atom stereocenters. The molecule has 1 aromatic carbocycles. The number of hydrogen-bond acceptors (Lipinski definition) is 5. The van der Waals surface area contributed by atoms with E-state index in [9.17, 15) is 4.79 Å². The fraction of sp³-hybridized carbons (Fsp3) is 0.455. The van der Waals surface area contributed by atoms with Gasteiger partial charge in [0.05, 0.1) is 11.9 Å². The lowest BCUT2D eigenvalue weighted by molar-refractivity contribution is 0.0962. The Bertz CT molecular complexity index is 1100. The zero-order valence-electron chi connectivity index (χ0n) is 16.6. The molecule has 3 aromatic rings. The summed E-state index contributed by atoms with van der Waals surface area (Å²) in [5.74, 6) is 0.787. The van der Waals surface area contributed by atoms with Crippen LogP contribution >= 0.6 is 22.9 Å². The first kappa shape index (κ1) is 19.2. The first-order valence-electron chi connectivity index (χ1n) is 10.3. The smallest absolute Gasteiger partial charge is 0.259 e. The fourth-order valence-electron chi connectivity index (χ4n) is 4.65. The Hall–Kier alpha value is -1.73. The molecule has 0 saturated carbocycles. The predicted molar refractivity (Wildman–Crippen MR) is 119 cm³/mol. The van der Waals surface area contributed by atoms with Gasteiger partial charge < -0.3 is 4.98 Å². The van der Waals surface area contributed by atoms with Crippen LogP contribution in [0.5, 0.6) is 0 Å². The standard InChI is InChI=1S/C22H25ClN4OS/c1-14(15-5-2-3-7-17(15)23)27-11-9-26(10-12-27)13-19-24-21(28)20-16-6-4-8-18(16)29-22(20)25-19/h2-3,5,7,14H,4,6,8-13H2,1H3,(H,24,25,28). The third-order valence-corrected chi connectivity index (χ3v) is 7.84. The van der Waals surface area contributed by atoms with Crippen LogP contribution in [0.25, 0.3) is 10.2 Å². The quantitative estimate of drug-likeness (QED) is 0.682. The number of piperazine rings is 1. The lowest BCUT2D eigenvalue weighted by Crippen LogP contribution is -2.47. The Morgan fingerprint density at radius 3 is 2.79 bits per heavy atom. The second-order valence-corrected chi connectivity index (χ2v) is 9.55. The van der Waals surface area contributed by atoms with Crippen LogP contribution in [0.3, 0.4) is 0 Å². The van der Waals surface area contributed by atoms with Crippen molar-refractivity contribution in [3.8, 4) is 0 Å². The minimum atomic E-state index is 0.0374. The molecule has 1 saturated heterocycles. The van der Waals surface area contributed by atoms with Gasteiger partial charge in [0.2, 0.25) is 0 Å². The van der Waals surface area contributed by atoms with E-state index in [1.807, 2.05) is 18.2 Å². The van der Waals surface area contributed by atoms with Crippen LogP contribution in [0.1, 0.15) is 41.2 Å². The summed E-state index contributed by atoms with van der Waals surface area (Å²) in [5.41, 5.74) is 2.47. The SMILES string of the molecule is CC(c1ccccc1Cl)N1CCN(Cc2nc3sc4c(c3c(=O)[nH]2)CCC4)CC1. The number of fused-ring (bicyclic) bond motifs is 3. The summed E-state index contributed by atoms with van der Waals surface area (Å²) in [6.45, 7) is 6.79. The molecule has 7 heteroatoms. The largest absolute Gasteiger partial charge is 0.309 e. The van der Waals surface area contributed by atoms with Crippen molar-refractivity contribution in [2.75, 3.05) is 26.2 Å². The molecule has 1 fully saturated rings. The second-order valence-electron chi connectivity index (χ2n) is 8.06. The molecule has 1 atom stereocenters. The Morgan fingerprint density at radius 1 is 1.21 bits per heavy atom. The maximum Gasteiger partial charge on any atom is 0.259 e. The van der Waals surface area contributed by atoms with Crippen LogP contribution in [0.2, 0.25) is 5.02 Å². The van der Waals surface area contributed by atoms with Gasteiger partial charge >= 0.3 is 0 Å². The molecule has 29 heavy (non-hydrogen) atoms. The van der Waals surface area contributed by atoms with Crippen molar-refractivity contribution in [3.63, 3.8) is 0 Å². The average Bonchev–Trinajstić information content (AvgIpc) is 3.29. The van der Waals surface area contributed by atoms with E-state index in [4.69, 9.17) is 16.6 Å². The van der Waals surface area contributed by atoms with Gasteiger partial charge in [-0.25, -0.2) is 4.98 Å².